The van der Waals surface area contributed by atoms with Crippen LogP contribution in [0.25, 0.3) is 0 Å². The molecule has 2 rings (SSSR count). The molecule has 1 aliphatic rings. The number of likely N-dealkylation sites (tertiary alicyclic amines) is 1. The maximum absolute atomic E-state index is 12.1. The summed E-state index contributed by atoms with van der Waals surface area (Å²) in [7, 11) is 0. The highest BCUT2D eigenvalue weighted by Gasteiger charge is 2.30. The van der Waals surface area contributed by atoms with Crippen molar-refractivity contribution in [1.82, 2.24) is 20.2 Å². The quantitative estimate of drug-likeness (QED) is 0.758. The fourth-order valence-electron chi connectivity index (χ4n) is 2.26. The molecule has 0 saturated carbocycles. The van der Waals surface area contributed by atoms with Crippen molar-refractivity contribution in [2.24, 2.45) is 0 Å². The minimum absolute atomic E-state index is 0.321. The number of rotatable bonds is 3. The van der Waals surface area contributed by atoms with Gasteiger partial charge in [0.1, 0.15) is 6.04 Å². The molecule has 3 N–H and O–H groups in total. The van der Waals surface area contributed by atoms with E-state index in [1.165, 1.54) is 11.2 Å². The largest absolute Gasteiger partial charge is 0.480 e. The lowest BCUT2D eigenvalue weighted by Crippen LogP contribution is -2.49. The average molecular weight is 266 g/mol. The van der Waals surface area contributed by atoms with Crippen LogP contribution in [0.15, 0.2) is 12.5 Å². The first-order valence-electron chi connectivity index (χ1n) is 6.43. The number of amides is 2. The van der Waals surface area contributed by atoms with Crippen LogP contribution in [0.4, 0.5) is 4.79 Å². The molecule has 2 heterocycles. The summed E-state index contributed by atoms with van der Waals surface area (Å²) in [4.78, 5) is 31.5. The molecule has 7 heteroatoms. The van der Waals surface area contributed by atoms with E-state index in [1.807, 2.05) is 0 Å². The third-order valence-electron chi connectivity index (χ3n) is 3.28. The molecule has 0 aliphatic carbocycles. The van der Waals surface area contributed by atoms with Crippen molar-refractivity contribution in [2.75, 3.05) is 6.54 Å². The number of urea groups is 1. The Hall–Kier alpha value is -2.05. The molecule has 19 heavy (non-hydrogen) atoms. The monoisotopic (exact) mass is 266 g/mol. The van der Waals surface area contributed by atoms with E-state index in [2.05, 4.69) is 15.3 Å². The second kappa shape index (κ2) is 6.21. The summed E-state index contributed by atoms with van der Waals surface area (Å²) in [5.41, 5.74) is 0.787. The summed E-state index contributed by atoms with van der Waals surface area (Å²) >= 11 is 0. The molecular formula is C12H18N4O3. The number of aromatic nitrogens is 2. The van der Waals surface area contributed by atoms with Gasteiger partial charge in [-0.3, -0.25) is 0 Å². The van der Waals surface area contributed by atoms with E-state index >= 15 is 0 Å². The van der Waals surface area contributed by atoms with E-state index in [0.717, 1.165) is 25.0 Å². The summed E-state index contributed by atoms with van der Waals surface area (Å²) in [6.07, 6.45) is 6.34. The van der Waals surface area contributed by atoms with Gasteiger partial charge in [-0.05, 0) is 12.8 Å². The number of carbonyl (C=O) groups is 2. The number of aromatic amines is 1. The molecule has 1 atom stereocenters. The number of hydrogen-bond donors (Lipinski definition) is 3. The van der Waals surface area contributed by atoms with Crippen LogP contribution in [0.1, 0.15) is 31.4 Å². The molecule has 1 aromatic heterocycles. The Bertz CT molecular complexity index is 432. The number of carboxylic acids is 1. The Morgan fingerprint density at radius 3 is 3.00 bits per heavy atom. The van der Waals surface area contributed by atoms with Gasteiger partial charge in [-0.15, -0.1) is 0 Å². The highest BCUT2D eigenvalue weighted by Crippen LogP contribution is 2.17. The van der Waals surface area contributed by atoms with E-state index in [1.54, 1.807) is 6.20 Å². The number of H-pyrrole nitrogens is 1. The number of carboxylic acid groups (broad SMARTS) is 1. The molecule has 1 fully saturated rings. The molecule has 0 bridgehead atoms. The fraction of sp³-hybridized carbons (Fsp3) is 0.583. The van der Waals surface area contributed by atoms with Crippen molar-refractivity contribution in [3.05, 3.63) is 18.2 Å². The average Bonchev–Trinajstić information content (AvgIpc) is 2.77. The molecule has 7 nitrogen and oxygen atoms in total. The standard InChI is InChI=1S/C12H18N4O3/c17-11(18)10-4-2-1-3-5-16(10)12(19)14-7-9-6-13-8-15-9/h6,8,10H,1-5,7H2,(H,13,15)(H,14,19)(H,17,18). The van der Waals surface area contributed by atoms with Gasteiger partial charge in [0.2, 0.25) is 0 Å². The second-order valence-electron chi connectivity index (χ2n) is 4.63. The molecular weight excluding hydrogens is 248 g/mol. The van der Waals surface area contributed by atoms with Crippen molar-refractivity contribution in [3.8, 4) is 0 Å². The topological polar surface area (TPSA) is 98.3 Å². The van der Waals surface area contributed by atoms with Crippen molar-refractivity contribution in [1.29, 1.82) is 0 Å². The van der Waals surface area contributed by atoms with Gasteiger partial charge < -0.3 is 20.3 Å². The molecule has 2 amide bonds. The van der Waals surface area contributed by atoms with Gasteiger partial charge in [0.15, 0.2) is 0 Å². The third kappa shape index (κ3) is 3.46. The SMILES string of the molecule is O=C(O)C1CCCCCN1C(=O)NCc1cnc[nH]1. The van der Waals surface area contributed by atoms with Crippen LogP contribution in [-0.4, -0.2) is 44.6 Å². The summed E-state index contributed by atoms with van der Waals surface area (Å²) in [6, 6.07) is -1.05. The van der Waals surface area contributed by atoms with Crippen molar-refractivity contribution in [3.63, 3.8) is 0 Å². The first-order chi connectivity index (χ1) is 9.18. The van der Waals surface area contributed by atoms with Crippen molar-refractivity contribution >= 4 is 12.0 Å². The lowest BCUT2D eigenvalue weighted by atomic mass is 10.1. The van der Waals surface area contributed by atoms with Crippen LogP contribution in [0.3, 0.4) is 0 Å². The zero-order valence-corrected chi connectivity index (χ0v) is 10.6. The maximum Gasteiger partial charge on any atom is 0.326 e. The van der Waals surface area contributed by atoms with Gasteiger partial charge in [0.25, 0.3) is 0 Å². The first-order valence-corrected chi connectivity index (χ1v) is 6.43. The molecule has 104 valence electrons. The van der Waals surface area contributed by atoms with Crippen LogP contribution in [0.5, 0.6) is 0 Å². The Morgan fingerprint density at radius 2 is 2.32 bits per heavy atom. The van der Waals surface area contributed by atoms with Crippen LogP contribution in [0.2, 0.25) is 0 Å². The summed E-state index contributed by atoms with van der Waals surface area (Å²) < 4.78 is 0. The van der Waals surface area contributed by atoms with Crippen LogP contribution in [-0.2, 0) is 11.3 Å². The molecule has 0 aromatic carbocycles. The highest BCUT2D eigenvalue weighted by molar-refractivity contribution is 5.82. The molecule has 1 saturated heterocycles. The summed E-state index contributed by atoms with van der Waals surface area (Å²) in [5.74, 6) is -0.932. The summed E-state index contributed by atoms with van der Waals surface area (Å²) in [5, 5.41) is 11.9. The predicted octanol–water partition coefficient (Wildman–Crippen LogP) is 0.948. The third-order valence-corrected chi connectivity index (χ3v) is 3.28. The molecule has 0 radical (unpaired) electrons. The second-order valence-corrected chi connectivity index (χ2v) is 4.63. The maximum atomic E-state index is 12.1. The molecule has 1 unspecified atom stereocenters. The Kier molecular flexibility index (Phi) is 4.38. The fourth-order valence-corrected chi connectivity index (χ4v) is 2.26. The van der Waals surface area contributed by atoms with Crippen molar-refractivity contribution in [2.45, 2.75) is 38.3 Å². The lowest BCUT2D eigenvalue weighted by molar-refractivity contribution is -0.142. The summed E-state index contributed by atoms with van der Waals surface area (Å²) in [6.45, 7) is 0.813. The lowest BCUT2D eigenvalue weighted by Gasteiger charge is -2.26. The predicted molar refractivity (Wildman–Crippen MR) is 67.4 cm³/mol. The number of hydrogen-bond acceptors (Lipinski definition) is 3. The number of carbonyl (C=O) groups excluding carboxylic acids is 1. The van der Waals surface area contributed by atoms with Crippen LogP contribution in [0, 0.1) is 0 Å². The minimum Gasteiger partial charge on any atom is -0.480 e. The van der Waals surface area contributed by atoms with Crippen LogP contribution < -0.4 is 5.32 Å². The van der Waals surface area contributed by atoms with Gasteiger partial charge >= 0.3 is 12.0 Å². The zero-order valence-electron chi connectivity index (χ0n) is 10.6. The Balaban J connectivity index is 1.96. The molecule has 1 aromatic rings. The number of nitrogens with zero attached hydrogens (tertiary/aromatic N) is 2. The highest BCUT2D eigenvalue weighted by atomic mass is 16.4. The van der Waals surface area contributed by atoms with Gasteiger partial charge in [-0.25, -0.2) is 14.6 Å². The van der Waals surface area contributed by atoms with Gasteiger partial charge in [0, 0.05) is 12.7 Å². The number of aliphatic carboxylic acids is 1. The molecule has 0 spiro atoms. The van der Waals surface area contributed by atoms with E-state index in [9.17, 15) is 14.7 Å². The van der Waals surface area contributed by atoms with Gasteiger partial charge in [-0.2, -0.15) is 0 Å². The Morgan fingerprint density at radius 1 is 1.47 bits per heavy atom. The van der Waals surface area contributed by atoms with E-state index in [0.29, 0.717) is 19.5 Å². The Labute approximate surface area is 111 Å². The van der Waals surface area contributed by atoms with Gasteiger partial charge in [-0.1, -0.05) is 12.8 Å². The zero-order chi connectivity index (χ0) is 13.7. The van der Waals surface area contributed by atoms with E-state index < -0.39 is 12.0 Å². The number of imidazole rings is 1. The van der Waals surface area contributed by atoms with E-state index in [-0.39, 0.29) is 6.03 Å². The van der Waals surface area contributed by atoms with E-state index in [4.69, 9.17) is 0 Å². The first kappa shape index (κ1) is 13.4. The van der Waals surface area contributed by atoms with Crippen LogP contribution >= 0.6 is 0 Å². The number of nitrogens with one attached hydrogen (secondary N) is 2. The normalized spacial score (nSPS) is 19.8. The molecule has 1 aliphatic heterocycles. The minimum atomic E-state index is -0.932. The van der Waals surface area contributed by atoms with Crippen molar-refractivity contribution < 1.29 is 14.7 Å². The smallest absolute Gasteiger partial charge is 0.326 e. The van der Waals surface area contributed by atoms with Gasteiger partial charge in [0.05, 0.1) is 18.6 Å².